The normalized spacial score (nSPS) is 15.4. The van der Waals surface area contributed by atoms with Crippen molar-refractivity contribution < 1.29 is 19.4 Å². The van der Waals surface area contributed by atoms with Gasteiger partial charge in [-0.1, -0.05) is 32.0 Å². The van der Waals surface area contributed by atoms with Crippen molar-refractivity contribution in [2.24, 2.45) is 5.92 Å². The van der Waals surface area contributed by atoms with E-state index in [-0.39, 0.29) is 11.7 Å². The van der Waals surface area contributed by atoms with Crippen LogP contribution in [0.4, 0.5) is 4.79 Å². The van der Waals surface area contributed by atoms with Crippen LogP contribution in [0.5, 0.6) is 5.75 Å². The molecule has 2 aromatic carbocycles. The molecule has 0 bridgehead atoms. The molecule has 3 aromatic rings. The van der Waals surface area contributed by atoms with Crippen LogP contribution in [0.25, 0.3) is 11.1 Å². The molecular weight excluding hydrogens is 452 g/mol. The second kappa shape index (κ2) is 10.9. The van der Waals surface area contributed by atoms with E-state index in [1.54, 1.807) is 19.2 Å². The molecule has 0 spiro atoms. The first-order valence-electron chi connectivity index (χ1n) is 12.5. The molecule has 1 unspecified atom stereocenters. The van der Waals surface area contributed by atoms with Gasteiger partial charge in [0.1, 0.15) is 12.4 Å². The van der Waals surface area contributed by atoms with Crippen molar-refractivity contribution in [2.75, 3.05) is 13.1 Å². The van der Waals surface area contributed by atoms with Crippen molar-refractivity contribution >= 4 is 11.9 Å². The zero-order chi connectivity index (χ0) is 25.8. The first-order chi connectivity index (χ1) is 17.2. The Bertz CT molecular complexity index is 1270. The third-order valence-electron chi connectivity index (χ3n) is 6.75. The van der Waals surface area contributed by atoms with Crippen molar-refractivity contribution in [1.29, 1.82) is 0 Å². The summed E-state index contributed by atoms with van der Waals surface area (Å²) in [5.41, 5.74) is 6.74. The predicted octanol–water partition coefficient (Wildman–Crippen LogP) is 6.50. The second-order valence-electron chi connectivity index (χ2n) is 10.1. The number of benzene rings is 2. The van der Waals surface area contributed by atoms with Gasteiger partial charge in [-0.25, -0.2) is 4.79 Å². The molecule has 1 amide bonds. The third-order valence-corrected chi connectivity index (χ3v) is 6.75. The van der Waals surface area contributed by atoms with E-state index in [4.69, 9.17) is 4.74 Å². The van der Waals surface area contributed by atoms with Gasteiger partial charge in [0.05, 0.1) is 5.69 Å². The number of nitrogens with zero attached hydrogens (tertiary/aromatic N) is 2. The first kappa shape index (κ1) is 25.4. The molecule has 1 atom stereocenters. The number of carbonyl (C=O) groups excluding carboxylic acids is 1. The number of ketones is 1. The maximum Gasteiger partial charge on any atom is 0.407 e. The lowest BCUT2D eigenvalue weighted by atomic mass is 9.85. The number of pyridine rings is 1. The molecule has 1 N–H and O–H groups in total. The number of hydrogen-bond donors (Lipinski definition) is 1. The van der Waals surface area contributed by atoms with Crippen molar-refractivity contribution in [2.45, 2.75) is 53.1 Å². The van der Waals surface area contributed by atoms with Gasteiger partial charge in [0.25, 0.3) is 0 Å². The summed E-state index contributed by atoms with van der Waals surface area (Å²) < 4.78 is 6.20. The summed E-state index contributed by atoms with van der Waals surface area (Å²) in [6.45, 7) is 9.22. The Morgan fingerprint density at radius 2 is 1.94 bits per heavy atom. The number of rotatable bonds is 7. The van der Waals surface area contributed by atoms with Crippen molar-refractivity contribution in [3.8, 4) is 16.9 Å². The van der Waals surface area contributed by atoms with Crippen LogP contribution in [0.1, 0.15) is 65.9 Å². The second-order valence-corrected chi connectivity index (χ2v) is 10.1. The van der Waals surface area contributed by atoms with Gasteiger partial charge in [-0.2, -0.15) is 0 Å². The zero-order valence-corrected chi connectivity index (χ0v) is 21.5. The number of aryl methyl sites for hydroxylation is 1. The van der Waals surface area contributed by atoms with E-state index in [0.717, 1.165) is 34.4 Å². The van der Waals surface area contributed by atoms with Crippen molar-refractivity contribution in [1.82, 2.24) is 9.88 Å². The van der Waals surface area contributed by atoms with Crippen LogP contribution < -0.4 is 4.74 Å². The number of amides is 1. The lowest BCUT2D eigenvalue weighted by Gasteiger charge is -2.24. The first-order valence-corrected chi connectivity index (χ1v) is 12.5. The Labute approximate surface area is 212 Å². The minimum atomic E-state index is -0.869. The molecule has 1 aliphatic rings. The van der Waals surface area contributed by atoms with Crippen LogP contribution in [0.15, 0.2) is 54.7 Å². The third kappa shape index (κ3) is 5.93. The summed E-state index contributed by atoms with van der Waals surface area (Å²) in [5.74, 6) is 1.29. The number of carbonyl (C=O) groups is 2. The van der Waals surface area contributed by atoms with E-state index in [0.29, 0.717) is 43.3 Å². The Kier molecular flexibility index (Phi) is 7.73. The molecule has 6 nitrogen and oxygen atoms in total. The van der Waals surface area contributed by atoms with Gasteiger partial charge >= 0.3 is 6.09 Å². The highest BCUT2D eigenvalue weighted by Crippen LogP contribution is 2.37. The smallest absolute Gasteiger partial charge is 0.407 e. The lowest BCUT2D eigenvalue weighted by molar-refractivity contribution is 0.101. The number of fused-ring (bicyclic) bond motifs is 1. The fourth-order valence-corrected chi connectivity index (χ4v) is 4.97. The summed E-state index contributed by atoms with van der Waals surface area (Å²) in [4.78, 5) is 29.9. The maximum atomic E-state index is 12.2. The van der Waals surface area contributed by atoms with Gasteiger partial charge in [-0.05, 0) is 85.2 Å². The maximum absolute atomic E-state index is 12.2. The van der Waals surface area contributed by atoms with E-state index in [1.165, 1.54) is 10.5 Å². The molecule has 0 fully saturated rings. The topological polar surface area (TPSA) is 79.7 Å². The Morgan fingerprint density at radius 1 is 1.14 bits per heavy atom. The minimum Gasteiger partial charge on any atom is -0.487 e. The van der Waals surface area contributed by atoms with Gasteiger partial charge in [0, 0.05) is 36.3 Å². The Balaban J connectivity index is 1.72. The molecule has 0 radical (unpaired) electrons. The van der Waals surface area contributed by atoms with Gasteiger partial charge < -0.3 is 14.7 Å². The lowest BCUT2D eigenvalue weighted by Crippen LogP contribution is -2.33. The standard InChI is InChI=1S/C30H34N2O4/c1-19(2)13-25-17-32(30(34)35)12-10-24-15-23(5-7-27(24)25)28-16-22(21(4)33)6-8-29(28)36-18-26-14-20(3)9-11-31-26/h5-9,11,14-16,19,25H,10,12-13,17-18H2,1-4H3,(H,34,35). The molecule has 4 rings (SSSR count). The molecule has 0 aliphatic carbocycles. The zero-order valence-electron chi connectivity index (χ0n) is 21.5. The molecule has 0 saturated heterocycles. The molecule has 188 valence electrons. The van der Waals surface area contributed by atoms with Gasteiger partial charge in [0.2, 0.25) is 0 Å². The molecule has 0 saturated carbocycles. The SMILES string of the molecule is CC(=O)c1ccc(OCc2cc(C)ccn2)c(-c2ccc3c(c2)CCN(C(=O)O)CC3CC(C)C)c1. The van der Waals surface area contributed by atoms with Gasteiger partial charge in [0.15, 0.2) is 5.78 Å². The molecule has 36 heavy (non-hydrogen) atoms. The average molecular weight is 487 g/mol. The highest BCUT2D eigenvalue weighted by atomic mass is 16.5. The highest BCUT2D eigenvalue weighted by molar-refractivity contribution is 5.96. The van der Waals surface area contributed by atoms with E-state index in [2.05, 4.69) is 37.0 Å². The summed E-state index contributed by atoms with van der Waals surface area (Å²) in [7, 11) is 0. The van der Waals surface area contributed by atoms with Crippen LogP contribution in [0.3, 0.4) is 0 Å². The average Bonchev–Trinajstić information content (AvgIpc) is 3.01. The van der Waals surface area contributed by atoms with E-state index < -0.39 is 6.09 Å². The molecule has 1 aliphatic heterocycles. The summed E-state index contributed by atoms with van der Waals surface area (Å²) in [6.07, 6.45) is 2.48. The summed E-state index contributed by atoms with van der Waals surface area (Å²) >= 11 is 0. The number of Topliss-reactive ketones (excluding diaryl/α,β-unsaturated/α-hetero) is 1. The summed E-state index contributed by atoms with van der Waals surface area (Å²) in [5, 5.41) is 9.69. The van der Waals surface area contributed by atoms with Gasteiger partial charge in [-0.3, -0.25) is 9.78 Å². The van der Waals surface area contributed by atoms with E-state index in [1.807, 2.05) is 31.2 Å². The highest BCUT2D eigenvalue weighted by Gasteiger charge is 2.27. The predicted molar refractivity (Wildman–Crippen MR) is 141 cm³/mol. The van der Waals surface area contributed by atoms with E-state index in [9.17, 15) is 14.7 Å². The largest absolute Gasteiger partial charge is 0.487 e. The van der Waals surface area contributed by atoms with Crippen molar-refractivity contribution in [3.05, 3.63) is 82.7 Å². The monoisotopic (exact) mass is 486 g/mol. The fraction of sp³-hybridized carbons (Fsp3) is 0.367. The number of carboxylic acid groups (broad SMARTS) is 1. The van der Waals surface area contributed by atoms with Crippen LogP contribution in [-0.4, -0.2) is 40.0 Å². The molecule has 2 heterocycles. The van der Waals surface area contributed by atoms with Crippen LogP contribution >= 0.6 is 0 Å². The Hall–Kier alpha value is -3.67. The van der Waals surface area contributed by atoms with Crippen LogP contribution in [0.2, 0.25) is 0 Å². The Morgan fingerprint density at radius 3 is 2.64 bits per heavy atom. The minimum absolute atomic E-state index is 0.00740. The number of hydrogen-bond acceptors (Lipinski definition) is 4. The number of ether oxygens (including phenoxy) is 1. The number of aromatic nitrogens is 1. The molecule has 1 aromatic heterocycles. The van der Waals surface area contributed by atoms with Crippen LogP contribution in [-0.2, 0) is 13.0 Å². The van der Waals surface area contributed by atoms with Crippen LogP contribution in [0, 0.1) is 12.8 Å². The summed E-state index contributed by atoms with van der Waals surface area (Å²) in [6, 6.07) is 15.8. The molecule has 6 heteroatoms. The van der Waals surface area contributed by atoms with E-state index >= 15 is 0 Å². The molecular formula is C30H34N2O4. The van der Waals surface area contributed by atoms with Gasteiger partial charge in [-0.15, -0.1) is 0 Å². The fourth-order valence-electron chi connectivity index (χ4n) is 4.97. The quantitative estimate of drug-likeness (QED) is 0.385. The van der Waals surface area contributed by atoms with Crippen molar-refractivity contribution in [3.63, 3.8) is 0 Å².